The summed E-state index contributed by atoms with van der Waals surface area (Å²) in [6.07, 6.45) is 4.99. The second kappa shape index (κ2) is 8.16. The van der Waals surface area contributed by atoms with Crippen LogP contribution in [0.25, 0.3) is 27.7 Å². The van der Waals surface area contributed by atoms with Crippen LogP contribution in [0.3, 0.4) is 0 Å². The number of carbonyl (C=O) groups excluding carboxylic acids is 1. The first-order valence-corrected chi connectivity index (χ1v) is 10.4. The number of carbonyl (C=O) groups is 1. The quantitative estimate of drug-likeness (QED) is 0.391. The van der Waals surface area contributed by atoms with Crippen LogP contribution in [0.5, 0.6) is 5.75 Å². The molecule has 0 unspecified atom stereocenters. The summed E-state index contributed by atoms with van der Waals surface area (Å²) in [7, 11) is 1.61. The molecule has 6 heteroatoms. The van der Waals surface area contributed by atoms with Crippen LogP contribution in [0.1, 0.15) is 23.6 Å². The average molecular weight is 419 g/mol. The number of rotatable bonds is 5. The van der Waals surface area contributed by atoms with E-state index in [9.17, 15) is 4.79 Å². The Bertz CT molecular complexity index is 1250. The maximum absolute atomic E-state index is 12.4. The summed E-state index contributed by atoms with van der Waals surface area (Å²) in [5, 5.41) is 6.14. The normalized spacial score (nSPS) is 11.7. The van der Waals surface area contributed by atoms with Crippen molar-refractivity contribution in [3.8, 4) is 16.9 Å². The van der Waals surface area contributed by atoms with Gasteiger partial charge in [-0.2, -0.15) is 0 Å². The third kappa shape index (κ3) is 3.86. The van der Waals surface area contributed by atoms with Gasteiger partial charge in [0.05, 0.1) is 13.4 Å². The molecule has 2 aromatic heterocycles. The van der Waals surface area contributed by atoms with Gasteiger partial charge in [0.2, 0.25) is 5.91 Å². The fourth-order valence-electron chi connectivity index (χ4n) is 3.56. The lowest BCUT2D eigenvalue weighted by atomic mass is 9.96. The van der Waals surface area contributed by atoms with Crippen molar-refractivity contribution in [2.24, 2.45) is 0 Å². The van der Waals surface area contributed by atoms with Gasteiger partial charge in [-0.3, -0.25) is 10.1 Å². The zero-order valence-electron chi connectivity index (χ0n) is 17.3. The fourth-order valence-corrected chi connectivity index (χ4v) is 4.09. The molecule has 1 N–H and O–H groups in total. The van der Waals surface area contributed by atoms with E-state index in [0.29, 0.717) is 10.9 Å². The molecule has 5 nitrogen and oxygen atoms in total. The Morgan fingerprint density at radius 1 is 1.20 bits per heavy atom. The van der Waals surface area contributed by atoms with Crippen molar-refractivity contribution < 1.29 is 13.9 Å². The summed E-state index contributed by atoms with van der Waals surface area (Å²) in [5.41, 5.74) is 6.92. The van der Waals surface area contributed by atoms with Gasteiger partial charge in [0.15, 0.2) is 5.13 Å². The van der Waals surface area contributed by atoms with Gasteiger partial charge in [0.25, 0.3) is 0 Å². The lowest BCUT2D eigenvalue weighted by molar-refractivity contribution is -0.111. The molecular weight excluding hydrogens is 396 g/mol. The molecule has 0 aliphatic carbocycles. The van der Waals surface area contributed by atoms with Crippen molar-refractivity contribution >= 4 is 38.9 Å². The van der Waals surface area contributed by atoms with E-state index in [1.807, 2.05) is 24.4 Å². The second-order valence-corrected chi connectivity index (χ2v) is 8.06. The molecule has 4 rings (SSSR count). The number of thiazole rings is 1. The van der Waals surface area contributed by atoms with Gasteiger partial charge in [0.1, 0.15) is 11.3 Å². The highest BCUT2D eigenvalue weighted by Crippen LogP contribution is 2.38. The first-order chi connectivity index (χ1) is 14.5. The number of benzene rings is 2. The number of nitrogens with zero attached hydrogens (tertiary/aromatic N) is 1. The van der Waals surface area contributed by atoms with Gasteiger partial charge in [0, 0.05) is 40.2 Å². The van der Waals surface area contributed by atoms with Crippen LogP contribution in [-0.2, 0) is 4.79 Å². The van der Waals surface area contributed by atoms with E-state index in [4.69, 9.17) is 9.15 Å². The van der Waals surface area contributed by atoms with E-state index in [0.717, 1.165) is 33.2 Å². The number of ether oxygens (including phenoxy) is 1. The Morgan fingerprint density at radius 2 is 2.03 bits per heavy atom. The molecule has 0 atom stereocenters. The number of hydrogen-bond donors (Lipinski definition) is 1. The summed E-state index contributed by atoms with van der Waals surface area (Å²) in [6.45, 7) is 6.07. The van der Waals surface area contributed by atoms with Crippen LogP contribution in [0, 0.1) is 13.8 Å². The van der Waals surface area contributed by atoms with Crippen molar-refractivity contribution in [2.75, 3.05) is 12.4 Å². The second-order valence-electron chi connectivity index (χ2n) is 7.17. The number of amides is 1. The SMILES string of the molecule is COc1cc2occ(-c3ccc(C)cc3C)c2cc1/C(C)=C/C(=O)Nc1nccs1. The third-order valence-electron chi connectivity index (χ3n) is 5.00. The molecule has 0 fully saturated rings. The summed E-state index contributed by atoms with van der Waals surface area (Å²) in [4.78, 5) is 16.5. The largest absolute Gasteiger partial charge is 0.496 e. The van der Waals surface area contributed by atoms with Crippen LogP contribution in [0.4, 0.5) is 5.13 Å². The molecule has 0 bridgehead atoms. The number of hydrogen-bond acceptors (Lipinski definition) is 5. The average Bonchev–Trinajstić information content (AvgIpc) is 3.36. The first kappa shape index (κ1) is 19.9. The first-order valence-electron chi connectivity index (χ1n) is 9.52. The van der Waals surface area contributed by atoms with Crippen molar-refractivity contribution in [3.05, 3.63) is 70.9 Å². The van der Waals surface area contributed by atoms with Gasteiger partial charge in [-0.15, -0.1) is 11.3 Å². The molecular formula is C24H22N2O3S. The van der Waals surface area contributed by atoms with E-state index < -0.39 is 0 Å². The molecule has 0 saturated carbocycles. The minimum atomic E-state index is -0.230. The highest BCUT2D eigenvalue weighted by atomic mass is 32.1. The fraction of sp³-hybridized carbons (Fsp3) is 0.167. The lowest BCUT2D eigenvalue weighted by Gasteiger charge is -2.11. The van der Waals surface area contributed by atoms with Crippen LogP contribution in [-0.4, -0.2) is 18.0 Å². The Morgan fingerprint density at radius 3 is 2.73 bits per heavy atom. The number of nitrogens with one attached hydrogen (secondary N) is 1. The highest BCUT2D eigenvalue weighted by Gasteiger charge is 2.16. The van der Waals surface area contributed by atoms with Crippen LogP contribution >= 0.6 is 11.3 Å². The number of fused-ring (bicyclic) bond motifs is 1. The predicted octanol–water partition coefficient (Wildman–Crippen LogP) is 6.22. The minimum Gasteiger partial charge on any atom is -0.496 e. The molecule has 2 aromatic carbocycles. The number of aryl methyl sites for hydroxylation is 2. The summed E-state index contributed by atoms with van der Waals surface area (Å²) in [6, 6.07) is 10.3. The van der Waals surface area contributed by atoms with Gasteiger partial charge < -0.3 is 9.15 Å². The highest BCUT2D eigenvalue weighted by molar-refractivity contribution is 7.13. The molecule has 152 valence electrons. The Hall–Kier alpha value is -3.38. The zero-order valence-corrected chi connectivity index (χ0v) is 18.1. The molecule has 0 aliphatic rings. The van der Waals surface area contributed by atoms with Crippen LogP contribution in [0.2, 0.25) is 0 Å². The van der Waals surface area contributed by atoms with E-state index in [1.54, 1.807) is 25.6 Å². The molecule has 0 aliphatic heterocycles. The summed E-state index contributed by atoms with van der Waals surface area (Å²) < 4.78 is 11.4. The maximum atomic E-state index is 12.4. The van der Waals surface area contributed by atoms with Crippen molar-refractivity contribution in [3.63, 3.8) is 0 Å². The Labute approximate surface area is 179 Å². The molecule has 2 heterocycles. The van der Waals surface area contributed by atoms with Gasteiger partial charge >= 0.3 is 0 Å². The van der Waals surface area contributed by atoms with Crippen LogP contribution < -0.4 is 10.1 Å². The molecule has 1 amide bonds. The zero-order chi connectivity index (χ0) is 21.3. The number of anilines is 1. The van der Waals surface area contributed by atoms with Crippen molar-refractivity contribution in [1.82, 2.24) is 4.98 Å². The number of furan rings is 1. The van der Waals surface area contributed by atoms with E-state index in [2.05, 4.69) is 42.3 Å². The van der Waals surface area contributed by atoms with E-state index in [-0.39, 0.29) is 5.91 Å². The standard InChI is InChI=1S/C24H22N2O3S/c1-14-5-6-17(15(2)9-14)20-13-29-22-12-21(28-4)18(11-19(20)22)16(3)10-23(27)26-24-25-7-8-30-24/h5-13H,1-4H3,(H,25,26,27)/b16-10+. The molecule has 0 radical (unpaired) electrons. The minimum absolute atomic E-state index is 0.230. The van der Waals surface area contributed by atoms with E-state index in [1.165, 1.54) is 22.5 Å². The monoisotopic (exact) mass is 418 g/mol. The molecule has 4 aromatic rings. The summed E-state index contributed by atoms with van der Waals surface area (Å²) >= 11 is 1.38. The number of aromatic nitrogens is 1. The molecule has 0 saturated heterocycles. The number of allylic oxidation sites excluding steroid dienone is 1. The topological polar surface area (TPSA) is 64.4 Å². The smallest absolute Gasteiger partial charge is 0.250 e. The van der Waals surface area contributed by atoms with Crippen molar-refractivity contribution in [1.29, 1.82) is 0 Å². The van der Waals surface area contributed by atoms with Gasteiger partial charge in [-0.25, -0.2) is 4.98 Å². The van der Waals surface area contributed by atoms with Crippen molar-refractivity contribution in [2.45, 2.75) is 20.8 Å². The van der Waals surface area contributed by atoms with Crippen LogP contribution in [0.15, 0.2) is 58.7 Å². The Balaban J connectivity index is 1.77. The lowest BCUT2D eigenvalue weighted by Crippen LogP contribution is -2.08. The molecule has 0 spiro atoms. The van der Waals surface area contributed by atoms with E-state index >= 15 is 0 Å². The van der Waals surface area contributed by atoms with Gasteiger partial charge in [-0.05, 0) is 43.5 Å². The third-order valence-corrected chi connectivity index (χ3v) is 5.69. The number of methoxy groups -OCH3 is 1. The maximum Gasteiger partial charge on any atom is 0.250 e. The Kier molecular flexibility index (Phi) is 5.42. The predicted molar refractivity (Wildman–Crippen MR) is 122 cm³/mol. The van der Waals surface area contributed by atoms with Gasteiger partial charge in [-0.1, -0.05) is 23.8 Å². The molecule has 30 heavy (non-hydrogen) atoms. The summed E-state index contributed by atoms with van der Waals surface area (Å²) in [5.74, 6) is 0.422.